The summed E-state index contributed by atoms with van der Waals surface area (Å²) in [5.74, 6) is -0.809. The van der Waals surface area contributed by atoms with E-state index >= 15 is 0 Å². The second-order valence-corrected chi connectivity index (χ2v) is 8.77. The zero-order chi connectivity index (χ0) is 22.5. The van der Waals surface area contributed by atoms with E-state index in [4.69, 9.17) is 9.47 Å². The topological polar surface area (TPSA) is 96.2 Å². The predicted octanol–water partition coefficient (Wildman–Crippen LogP) is 4.86. The van der Waals surface area contributed by atoms with Gasteiger partial charge in [0.15, 0.2) is 5.78 Å². The maximum absolute atomic E-state index is 13.5. The molecule has 2 heterocycles. The molecule has 2 aliphatic heterocycles. The molecule has 31 heavy (non-hydrogen) atoms. The SMILES string of the molecule is CC(C)=CCc1c2c(c(O)c3c1OCC(c1ccc(O)cc1O)C3=O)C=CC(C)(C)O2. The van der Waals surface area contributed by atoms with Gasteiger partial charge in [-0.25, -0.2) is 0 Å². The number of benzene rings is 2. The molecule has 0 aromatic heterocycles. The lowest BCUT2D eigenvalue weighted by molar-refractivity contribution is 0.0887. The van der Waals surface area contributed by atoms with Gasteiger partial charge in [0.1, 0.15) is 46.5 Å². The number of carbonyl (C=O) groups excluding carboxylic acids is 1. The summed E-state index contributed by atoms with van der Waals surface area (Å²) in [5.41, 5.74) is 2.13. The summed E-state index contributed by atoms with van der Waals surface area (Å²) in [6.07, 6.45) is 6.12. The van der Waals surface area contributed by atoms with E-state index in [-0.39, 0.29) is 35.2 Å². The molecule has 1 unspecified atom stereocenters. The van der Waals surface area contributed by atoms with Crippen molar-refractivity contribution in [3.05, 3.63) is 58.2 Å². The number of hydrogen-bond acceptors (Lipinski definition) is 6. The molecule has 4 rings (SSSR count). The van der Waals surface area contributed by atoms with Crippen LogP contribution in [-0.4, -0.2) is 33.3 Å². The molecule has 0 saturated heterocycles. The van der Waals surface area contributed by atoms with Gasteiger partial charge < -0.3 is 24.8 Å². The molecule has 2 aliphatic rings. The Hall–Kier alpha value is -3.41. The molecule has 0 spiro atoms. The zero-order valence-corrected chi connectivity index (χ0v) is 18.0. The van der Waals surface area contributed by atoms with Crippen LogP contribution in [-0.2, 0) is 6.42 Å². The third-order valence-corrected chi connectivity index (χ3v) is 5.59. The fourth-order valence-electron chi connectivity index (χ4n) is 3.97. The molecule has 0 aliphatic carbocycles. The van der Waals surface area contributed by atoms with Gasteiger partial charge >= 0.3 is 0 Å². The minimum absolute atomic E-state index is 0.00342. The van der Waals surface area contributed by atoms with E-state index in [1.165, 1.54) is 18.2 Å². The van der Waals surface area contributed by atoms with Crippen LogP contribution in [0.1, 0.15) is 60.7 Å². The van der Waals surface area contributed by atoms with Crippen molar-refractivity contribution in [1.82, 2.24) is 0 Å². The van der Waals surface area contributed by atoms with Crippen LogP contribution in [0.5, 0.6) is 28.7 Å². The molecule has 0 saturated carbocycles. The van der Waals surface area contributed by atoms with Crippen LogP contribution in [0.4, 0.5) is 0 Å². The third-order valence-electron chi connectivity index (χ3n) is 5.59. The molecule has 2 aromatic rings. The average Bonchev–Trinajstić information content (AvgIpc) is 2.67. The Kier molecular flexibility index (Phi) is 4.96. The molecule has 0 radical (unpaired) electrons. The summed E-state index contributed by atoms with van der Waals surface area (Å²) in [4.78, 5) is 13.5. The highest BCUT2D eigenvalue weighted by Gasteiger charge is 2.39. The Morgan fingerprint density at radius 2 is 1.94 bits per heavy atom. The molecular formula is C25H26O6. The highest BCUT2D eigenvalue weighted by Crippen LogP contribution is 2.51. The van der Waals surface area contributed by atoms with Gasteiger partial charge in [-0.15, -0.1) is 0 Å². The molecule has 1 atom stereocenters. The summed E-state index contributed by atoms with van der Waals surface area (Å²) in [6.45, 7) is 7.81. The third kappa shape index (κ3) is 3.63. The summed E-state index contributed by atoms with van der Waals surface area (Å²) < 4.78 is 12.2. The number of ether oxygens (including phenoxy) is 2. The van der Waals surface area contributed by atoms with Gasteiger partial charge in [0.05, 0.1) is 11.5 Å². The number of phenolic OH excluding ortho intramolecular Hbond substituents is 3. The molecule has 0 bridgehead atoms. The van der Waals surface area contributed by atoms with Gasteiger partial charge in [-0.3, -0.25) is 4.79 Å². The first-order valence-corrected chi connectivity index (χ1v) is 10.2. The van der Waals surface area contributed by atoms with Gasteiger partial charge in [-0.2, -0.15) is 0 Å². The van der Waals surface area contributed by atoms with Gasteiger partial charge in [-0.05, 0) is 52.3 Å². The molecule has 0 amide bonds. The minimum Gasteiger partial charge on any atom is -0.508 e. The van der Waals surface area contributed by atoms with Gasteiger partial charge in [0, 0.05) is 17.2 Å². The minimum atomic E-state index is -0.807. The van der Waals surface area contributed by atoms with Crippen molar-refractivity contribution in [2.75, 3.05) is 6.61 Å². The van der Waals surface area contributed by atoms with E-state index in [0.717, 1.165) is 5.57 Å². The standard InChI is InChI=1S/C25H26O6/c1-13(2)5-7-17-23-16(9-10-25(3,4)31-23)21(28)20-22(29)18(12-30-24(17)20)15-8-6-14(26)11-19(15)27/h5-6,8-11,18,26-28H,7,12H2,1-4H3. The van der Waals surface area contributed by atoms with Crippen LogP contribution in [0.3, 0.4) is 0 Å². The fraction of sp³-hybridized carbons (Fsp3) is 0.320. The number of carbonyl (C=O) groups is 1. The first-order chi connectivity index (χ1) is 14.6. The summed E-state index contributed by atoms with van der Waals surface area (Å²) in [6, 6.07) is 4.08. The van der Waals surface area contributed by atoms with Crippen LogP contribution in [0.15, 0.2) is 35.9 Å². The smallest absolute Gasteiger partial charge is 0.181 e. The first kappa shape index (κ1) is 20.8. The van der Waals surface area contributed by atoms with E-state index < -0.39 is 11.5 Å². The van der Waals surface area contributed by atoms with Crippen molar-refractivity contribution in [3.8, 4) is 28.7 Å². The molecule has 6 heteroatoms. The van der Waals surface area contributed by atoms with Gasteiger partial charge in [-0.1, -0.05) is 17.7 Å². The van der Waals surface area contributed by atoms with Crippen molar-refractivity contribution in [3.63, 3.8) is 0 Å². The lowest BCUT2D eigenvalue weighted by Gasteiger charge is -2.34. The van der Waals surface area contributed by atoms with E-state index in [0.29, 0.717) is 34.6 Å². The number of rotatable bonds is 3. The van der Waals surface area contributed by atoms with Crippen LogP contribution in [0, 0.1) is 0 Å². The summed E-state index contributed by atoms with van der Waals surface area (Å²) in [5, 5.41) is 30.9. The fourth-order valence-corrected chi connectivity index (χ4v) is 3.97. The Labute approximate surface area is 181 Å². The summed E-state index contributed by atoms with van der Waals surface area (Å²) >= 11 is 0. The van der Waals surface area contributed by atoms with Crippen LogP contribution >= 0.6 is 0 Å². The van der Waals surface area contributed by atoms with Crippen LogP contribution in [0.2, 0.25) is 0 Å². The maximum atomic E-state index is 13.5. The Morgan fingerprint density at radius 1 is 1.19 bits per heavy atom. The quantitative estimate of drug-likeness (QED) is 0.612. The second kappa shape index (κ2) is 7.38. The number of hydrogen-bond donors (Lipinski definition) is 3. The van der Waals surface area contributed by atoms with E-state index in [1.807, 2.05) is 39.8 Å². The lowest BCUT2D eigenvalue weighted by atomic mass is 9.84. The molecule has 162 valence electrons. The molecule has 6 nitrogen and oxygen atoms in total. The van der Waals surface area contributed by atoms with E-state index in [1.54, 1.807) is 6.08 Å². The molecule has 0 fully saturated rings. The van der Waals surface area contributed by atoms with Crippen molar-refractivity contribution in [1.29, 1.82) is 0 Å². The van der Waals surface area contributed by atoms with Crippen molar-refractivity contribution in [2.24, 2.45) is 0 Å². The molecular weight excluding hydrogens is 396 g/mol. The first-order valence-electron chi connectivity index (χ1n) is 10.2. The Bertz CT molecular complexity index is 1140. The maximum Gasteiger partial charge on any atom is 0.181 e. The van der Waals surface area contributed by atoms with E-state index in [2.05, 4.69) is 0 Å². The average molecular weight is 422 g/mol. The lowest BCUT2D eigenvalue weighted by Crippen LogP contribution is -2.31. The highest BCUT2D eigenvalue weighted by molar-refractivity contribution is 6.08. The molecule has 2 aromatic carbocycles. The molecule has 3 N–H and O–H groups in total. The monoisotopic (exact) mass is 422 g/mol. The number of fused-ring (bicyclic) bond motifs is 2. The number of phenols is 3. The van der Waals surface area contributed by atoms with Crippen molar-refractivity contribution < 1.29 is 29.6 Å². The zero-order valence-electron chi connectivity index (χ0n) is 18.0. The van der Waals surface area contributed by atoms with Gasteiger partial charge in [0.2, 0.25) is 0 Å². The van der Waals surface area contributed by atoms with Crippen LogP contribution < -0.4 is 9.47 Å². The van der Waals surface area contributed by atoms with E-state index in [9.17, 15) is 20.1 Å². The van der Waals surface area contributed by atoms with Gasteiger partial charge in [0.25, 0.3) is 0 Å². The second-order valence-electron chi connectivity index (χ2n) is 8.77. The summed E-state index contributed by atoms with van der Waals surface area (Å²) in [7, 11) is 0. The number of aromatic hydroxyl groups is 3. The number of Topliss-reactive ketones (excluding diaryl/α,β-unsaturated/α-hetero) is 1. The number of ketones is 1. The van der Waals surface area contributed by atoms with Crippen molar-refractivity contribution in [2.45, 2.75) is 45.6 Å². The predicted molar refractivity (Wildman–Crippen MR) is 117 cm³/mol. The Balaban J connectivity index is 1.90. The normalized spacial score (nSPS) is 18.5. The highest BCUT2D eigenvalue weighted by atomic mass is 16.5. The largest absolute Gasteiger partial charge is 0.508 e. The van der Waals surface area contributed by atoms with Crippen LogP contribution in [0.25, 0.3) is 6.08 Å². The Morgan fingerprint density at radius 3 is 2.61 bits per heavy atom. The number of allylic oxidation sites excluding steroid dienone is 2. The van der Waals surface area contributed by atoms with Crippen molar-refractivity contribution >= 4 is 11.9 Å².